The van der Waals surface area contributed by atoms with Crippen molar-refractivity contribution >= 4 is 17.4 Å². The van der Waals surface area contributed by atoms with Crippen molar-refractivity contribution in [2.75, 3.05) is 5.32 Å². The third kappa shape index (κ3) is 3.45. The van der Waals surface area contributed by atoms with Crippen LogP contribution in [0.1, 0.15) is 11.5 Å². The lowest BCUT2D eigenvalue weighted by Crippen LogP contribution is -2.02. The molecule has 0 aliphatic carbocycles. The molecule has 0 unspecified atom stereocenters. The monoisotopic (exact) mass is 366 g/mol. The number of rotatable bonds is 5. The normalized spacial score (nSPS) is 10.8. The van der Waals surface area contributed by atoms with E-state index in [9.17, 15) is 0 Å². The summed E-state index contributed by atoms with van der Waals surface area (Å²) in [5.41, 5.74) is 1.53. The minimum absolute atomic E-state index is 0.390. The molecular formula is C19H15ClN4O2. The smallest absolute Gasteiger partial charge is 0.251 e. The summed E-state index contributed by atoms with van der Waals surface area (Å²) in [6.07, 6.45) is 1.70. The zero-order valence-electron chi connectivity index (χ0n) is 13.9. The third-order valence-corrected chi connectivity index (χ3v) is 4.03. The second-order valence-corrected chi connectivity index (χ2v) is 6.12. The Balaban J connectivity index is 1.59. The van der Waals surface area contributed by atoms with Gasteiger partial charge >= 0.3 is 0 Å². The lowest BCUT2D eigenvalue weighted by Gasteiger charge is -2.07. The van der Waals surface area contributed by atoms with Crippen LogP contribution in [0.2, 0.25) is 5.02 Å². The van der Waals surface area contributed by atoms with Gasteiger partial charge in [0.15, 0.2) is 0 Å². The molecule has 0 aliphatic rings. The van der Waals surface area contributed by atoms with E-state index in [0.29, 0.717) is 29.2 Å². The fraction of sp³-hybridized carbons (Fsp3) is 0.105. The van der Waals surface area contributed by atoms with Crippen molar-refractivity contribution in [3.63, 3.8) is 0 Å². The number of hydrogen-bond acceptors (Lipinski definition) is 6. The van der Waals surface area contributed by atoms with E-state index in [2.05, 4.69) is 20.5 Å². The SMILES string of the molecule is Cc1ccc(CNc2ncccc2-c2nnc(-c3ccc(Cl)cc3)o2)o1. The molecule has 0 bridgehead atoms. The Labute approximate surface area is 154 Å². The summed E-state index contributed by atoms with van der Waals surface area (Å²) < 4.78 is 11.4. The molecule has 0 atom stereocenters. The van der Waals surface area contributed by atoms with Crippen LogP contribution in [0.4, 0.5) is 5.82 Å². The van der Waals surface area contributed by atoms with E-state index in [0.717, 1.165) is 22.6 Å². The number of nitrogens with one attached hydrogen (secondary N) is 1. The molecule has 0 fully saturated rings. The molecule has 26 heavy (non-hydrogen) atoms. The lowest BCUT2D eigenvalue weighted by atomic mass is 10.2. The third-order valence-electron chi connectivity index (χ3n) is 3.78. The van der Waals surface area contributed by atoms with Crippen molar-refractivity contribution in [2.24, 2.45) is 0 Å². The van der Waals surface area contributed by atoms with Gasteiger partial charge in [-0.05, 0) is 55.5 Å². The maximum Gasteiger partial charge on any atom is 0.251 e. The van der Waals surface area contributed by atoms with E-state index in [1.165, 1.54) is 0 Å². The average Bonchev–Trinajstić information content (AvgIpc) is 3.30. The Bertz CT molecular complexity index is 1020. The summed E-state index contributed by atoms with van der Waals surface area (Å²) in [7, 11) is 0. The van der Waals surface area contributed by atoms with Crippen LogP contribution in [0, 0.1) is 6.92 Å². The second-order valence-electron chi connectivity index (χ2n) is 5.68. The number of anilines is 1. The van der Waals surface area contributed by atoms with Crippen molar-refractivity contribution < 1.29 is 8.83 Å². The highest BCUT2D eigenvalue weighted by Crippen LogP contribution is 2.28. The Hall–Kier alpha value is -3.12. The van der Waals surface area contributed by atoms with Crippen molar-refractivity contribution in [3.05, 3.63) is 71.3 Å². The zero-order valence-corrected chi connectivity index (χ0v) is 14.7. The van der Waals surface area contributed by atoms with Crippen LogP contribution in [-0.4, -0.2) is 15.2 Å². The maximum atomic E-state index is 5.92. The van der Waals surface area contributed by atoms with E-state index in [-0.39, 0.29) is 0 Å². The molecule has 4 aromatic rings. The van der Waals surface area contributed by atoms with Gasteiger partial charge in [-0.1, -0.05) is 11.6 Å². The first-order valence-corrected chi connectivity index (χ1v) is 8.41. The molecule has 0 aliphatic heterocycles. The molecular weight excluding hydrogens is 352 g/mol. The molecule has 0 amide bonds. The number of hydrogen-bond donors (Lipinski definition) is 1. The number of aromatic nitrogens is 3. The van der Waals surface area contributed by atoms with Gasteiger partial charge in [-0.25, -0.2) is 4.98 Å². The lowest BCUT2D eigenvalue weighted by molar-refractivity contribution is 0.490. The largest absolute Gasteiger partial charge is 0.465 e. The second kappa shape index (κ2) is 7.01. The molecule has 0 spiro atoms. The van der Waals surface area contributed by atoms with Gasteiger partial charge in [-0.2, -0.15) is 0 Å². The van der Waals surface area contributed by atoms with Crippen LogP contribution in [0.5, 0.6) is 0 Å². The van der Waals surface area contributed by atoms with Gasteiger partial charge in [0.25, 0.3) is 5.89 Å². The van der Waals surface area contributed by atoms with Crippen LogP contribution in [-0.2, 0) is 6.54 Å². The topological polar surface area (TPSA) is 77.0 Å². The van der Waals surface area contributed by atoms with Crippen LogP contribution in [0.15, 0.2) is 63.6 Å². The van der Waals surface area contributed by atoms with Crippen molar-refractivity contribution in [1.29, 1.82) is 0 Å². The summed E-state index contributed by atoms with van der Waals surface area (Å²) in [4.78, 5) is 4.37. The van der Waals surface area contributed by atoms with Gasteiger partial charge in [0.2, 0.25) is 5.89 Å². The van der Waals surface area contributed by atoms with Gasteiger partial charge in [-0.15, -0.1) is 10.2 Å². The maximum absolute atomic E-state index is 5.92. The van der Waals surface area contributed by atoms with E-state index in [1.807, 2.05) is 43.3 Å². The summed E-state index contributed by atoms with van der Waals surface area (Å²) >= 11 is 5.92. The number of benzene rings is 1. The van der Waals surface area contributed by atoms with E-state index in [1.54, 1.807) is 18.3 Å². The predicted molar refractivity (Wildman–Crippen MR) is 98.7 cm³/mol. The average molecular weight is 367 g/mol. The summed E-state index contributed by atoms with van der Waals surface area (Å²) in [5.74, 6) is 3.15. The van der Waals surface area contributed by atoms with Crippen LogP contribution < -0.4 is 5.32 Å². The molecule has 3 heterocycles. The molecule has 0 saturated heterocycles. The van der Waals surface area contributed by atoms with Gasteiger partial charge in [0.1, 0.15) is 17.3 Å². The first kappa shape index (κ1) is 16.4. The zero-order chi connectivity index (χ0) is 17.9. The van der Waals surface area contributed by atoms with Crippen LogP contribution in [0.25, 0.3) is 22.9 Å². The van der Waals surface area contributed by atoms with Gasteiger partial charge < -0.3 is 14.2 Å². The number of pyridine rings is 1. The van der Waals surface area contributed by atoms with Gasteiger partial charge in [0, 0.05) is 16.8 Å². The molecule has 4 rings (SSSR count). The van der Waals surface area contributed by atoms with Crippen LogP contribution in [0.3, 0.4) is 0 Å². The molecule has 6 nitrogen and oxygen atoms in total. The molecule has 3 aromatic heterocycles. The highest BCUT2D eigenvalue weighted by atomic mass is 35.5. The molecule has 1 aromatic carbocycles. The number of halogens is 1. The summed E-state index contributed by atoms with van der Waals surface area (Å²) in [6.45, 7) is 2.42. The predicted octanol–water partition coefficient (Wildman–Crippen LogP) is 4.97. The number of nitrogens with zero attached hydrogens (tertiary/aromatic N) is 3. The van der Waals surface area contributed by atoms with E-state index < -0.39 is 0 Å². The first-order valence-electron chi connectivity index (χ1n) is 8.03. The Morgan fingerprint density at radius 3 is 2.54 bits per heavy atom. The van der Waals surface area contributed by atoms with Crippen molar-refractivity contribution in [3.8, 4) is 22.9 Å². The highest BCUT2D eigenvalue weighted by Gasteiger charge is 2.15. The van der Waals surface area contributed by atoms with Crippen LogP contribution >= 0.6 is 11.6 Å². The fourth-order valence-corrected chi connectivity index (χ4v) is 2.64. The standard InChI is InChI=1S/C19H15ClN4O2/c1-12-4-9-15(25-12)11-22-17-16(3-2-10-21-17)19-24-23-18(26-19)13-5-7-14(20)8-6-13/h2-10H,11H2,1H3,(H,21,22). The summed E-state index contributed by atoms with van der Waals surface area (Å²) in [5, 5.41) is 12.2. The first-order chi connectivity index (χ1) is 12.7. The molecule has 1 N–H and O–H groups in total. The Kier molecular flexibility index (Phi) is 4.41. The highest BCUT2D eigenvalue weighted by molar-refractivity contribution is 6.30. The molecule has 0 saturated carbocycles. The molecule has 0 radical (unpaired) electrons. The molecule has 7 heteroatoms. The molecule has 130 valence electrons. The Morgan fingerprint density at radius 1 is 0.962 bits per heavy atom. The van der Waals surface area contributed by atoms with Gasteiger partial charge in [0.05, 0.1) is 12.1 Å². The summed E-state index contributed by atoms with van der Waals surface area (Å²) in [6, 6.07) is 14.8. The van der Waals surface area contributed by atoms with Crippen molar-refractivity contribution in [2.45, 2.75) is 13.5 Å². The van der Waals surface area contributed by atoms with Gasteiger partial charge in [-0.3, -0.25) is 0 Å². The minimum Gasteiger partial charge on any atom is -0.465 e. The quantitative estimate of drug-likeness (QED) is 0.537. The van der Waals surface area contributed by atoms with E-state index in [4.69, 9.17) is 20.4 Å². The fourth-order valence-electron chi connectivity index (χ4n) is 2.51. The van der Waals surface area contributed by atoms with E-state index >= 15 is 0 Å². The number of aryl methyl sites for hydroxylation is 1. The van der Waals surface area contributed by atoms with Crippen molar-refractivity contribution in [1.82, 2.24) is 15.2 Å². The Morgan fingerprint density at radius 2 is 1.77 bits per heavy atom. The minimum atomic E-state index is 0.390. The number of furan rings is 1.